The Labute approximate surface area is 357 Å². The summed E-state index contributed by atoms with van der Waals surface area (Å²) in [7, 11) is -6.66. The molecule has 1 fully saturated rings. The Morgan fingerprint density at radius 3 is 1.82 bits per heavy atom. The van der Waals surface area contributed by atoms with E-state index in [0.29, 0.717) is 12.8 Å². The number of carboxylic acid groups (broad SMARTS) is 1. The topological polar surface area (TPSA) is 95.0 Å². The lowest BCUT2D eigenvalue weighted by atomic mass is 9.58. The maximum Gasteiger partial charge on any atom is 0.305 e. The number of aromatic nitrogens is 1. The first-order valence-corrected chi connectivity index (χ1v) is 31.3. The van der Waals surface area contributed by atoms with Crippen LogP contribution in [0.15, 0.2) is 22.6 Å². The molecule has 1 aromatic heterocycles. The second-order valence-electron chi connectivity index (χ2n) is 22.2. The van der Waals surface area contributed by atoms with Gasteiger partial charge in [0.2, 0.25) is 0 Å². The van der Waals surface area contributed by atoms with E-state index in [0.717, 1.165) is 42.8 Å². The number of allylic oxidation sites excluding steroid dienone is 1. The summed E-state index contributed by atoms with van der Waals surface area (Å²) in [4.78, 5) is 32.0. The summed E-state index contributed by atoms with van der Waals surface area (Å²) in [5.41, 5.74) is 2.76. The standard InChI is InChI=1S/C46H85NO6SSi3/c1-32(25-26-38(51-55(15,16)43(6,7)8)34(3)29-37-31-54-36(5)47-37)23-21-24-33(2)41(53-57(19,20)45(12,13)14)35(4)42(50)46(27-22-28-46)39(30-40(48)49)52-56(17,18)44(9,10)11/h25,29,31,33,35,38-39,41H,21-24,26-28,30H2,1-20H3,(H,48,49)/t33-,35+,38-,39-,41-/m0/s1. The quantitative estimate of drug-likeness (QED) is 0.0971. The van der Waals surface area contributed by atoms with E-state index in [1.807, 2.05) is 6.92 Å². The van der Waals surface area contributed by atoms with Crippen LogP contribution in [0.5, 0.6) is 0 Å². The highest BCUT2D eigenvalue weighted by Crippen LogP contribution is 2.52. The first-order chi connectivity index (χ1) is 25.7. The minimum absolute atomic E-state index is 0.0135. The summed E-state index contributed by atoms with van der Waals surface area (Å²) in [6, 6.07) is 0. The van der Waals surface area contributed by atoms with Crippen LogP contribution in [-0.4, -0.2) is 65.1 Å². The molecular formula is C46H85NO6SSi3. The summed E-state index contributed by atoms with van der Waals surface area (Å²) in [6.07, 6.45) is 9.45. The lowest BCUT2D eigenvalue weighted by Crippen LogP contribution is -2.58. The van der Waals surface area contributed by atoms with Gasteiger partial charge in [-0.15, -0.1) is 11.3 Å². The lowest BCUT2D eigenvalue weighted by Gasteiger charge is -2.52. The normalized spacial score (nSPS) is 19.1. The number of carbonyl (C=O) groups excluding carboxylic acids is 1. The fourth-order valence-electron chi connectivity index (χ4n) is 7.07. The van der Waals surface area contributed by atoms with Gasteiger partial charge in [-0.2, -0.15) is 0 Å². The third-order valence-electron chi connectivity index (χ3n) is 14.3. The number of ketones is 1. The summed E-state index contributed by atoms with van der Waals surface area (Å²) in [5.74, 6) is -1.01. The molecule has 7 nitrogen and oxygen atoms in total. The summed E-state index contributed by atoms with van der Waals surface area (Å²) in [6.45, 7) is 44.4. The van der Waals surface area contributed by atoms with E-state index in [1.54, 1.807) is 11.3 Å². The minimum atomic E-state index is -2.36. The molecule has 1 aliphatic carbocycles. The SMILES string of the molecule is CC(=CC[C@H](O[Si](C)(C)C(C)(C)C)C(C)=Cc1csc(C)n1)CCC[C@H](C)[C@H](O[Si](C)(C)C(C)(C)C)[C@@H](C)C(=O)C1([C@H](CC(=O)O)O[Si](C)(C)C(C)(C)C)CCC1. The van der Waals surface area contributed by atoms with Crippen molar-refractivity contribution in [3.05, 3.63) is 33.3 Å². The number of carbonyl (C=O) groups is 2. The van der Waals surface area contributed by atoms with E-state index >= 15 is 4.79 Å². The average Bonchev–Trinajstić information content (AvgIpc) is 3.42. The van der Waals surface area contributed by atoms with Crippen molar-refractivity contribution in [1.82, 2.24) is 4.98 Å². The van der Waals surface area contributed by atoms with E-state index in [9.17, 15) is 9.90 Å². The lowest BCUT2D eigenvalue weighted by molar-refractivity contribution is -0.156. The van der Waals surface area contributed by atoms with Crippen LogP contribution in [0, 0.1) is 24.2 Å². The monoisotopic (exact) mass is 864 g/mol. The van der Waals surface area contributed by atoms with Crippen LogP contribution in [0.4, 0.5) is 0 Å². The predicted octanol–water partition coefficient (Wildman–Crippen LogP) is 14.0. The highest BCUT2D eigenvalue weighted by atomic mass is 32.1. The molecule has 1 aromatic rings. The molecule has 11 heteroatoms. The molecule has 0 aliphatic heterocycles. The Morgan fingerprint density at radius 2 is 1.39 bits per heavy atom. The molecule has 1 saturated carbocycles. The van der Waals surface area contributed by atoms with Crippen molar-refractivity contribution >= 4 is 54.1 Å². The van der Waals surface area contributed by atoms with Crippen LogP contribution in [0.3, 0.4) is 0 Å². The number of nitrogens with zero attached hydrogens (tertiary/aromatic N) is 1. The molecule has 0 saturated heterocycles. The number of carboxylic acids is 1. The molecule has 0 aromatic carbocycles. The van der Waals surface area contributed by atoms with Gasteiger partial charge in [-0.3, -0.25) is 9.59 Å². The summed E-state index contributed by atoms with van der Waals surface area (Å²) >= 11 is 1.67. The molecule has 0 amide bonds. The Hall–Kier alpha value is -1.22. The number of rotatable bonds is 21. The van der Waals surface area contributed by atoms with Crippen LogP contribution in [0.2, 0.25) is 54.4 Å². The van der Waals surface area contributed by atoms with Crippen molar-refractivity contribution < 1.29 is 28.0 Å². The fraction of sp³-hybridized carbons (Fsp3) is 0.804. The number of hydrogen-bond donors (Lipinski definition) is 1. The molecule has 328 valence electrons. The Balaban J connectivity index is 2.36. The molecule has 1 aliphatic rings. The van der Waals surface area contributed by atoms with Gasteiger partial charge in [0, 0.05) is 11.3 Å². The molecule has 0 bridgehead atoms. The number of aryl methyl sites for hydroxylation is 1. The third kappa shape index (κ3) is 13.9. The molecule has 5 atom stereocenters. The molecule has 1 N–H and O–H groups in total. The Bertz CT molecular complexity index is 1550. The van der Waals surface area contributed by atoms with Gasteiger partial charge in [0.25, 0.3) is 0 Å². The van der Waals surface area contributed by atoms with E-state index in [4.69, 9.17) is 18.3 Å². The van der Waals surface area contributed by atoms with Gasteiger partial charge in [0.15, 0.2) is 25.0 Å². The maximum absolute atomic E-state index is 15.0. The Kier molecular flexibility index (Phi) is 17.9. The largest absolute Gasteiger partial charge is 0.481 e. The zero-order valence-electron chi connectivity index (χ0n) is 40.1. The average molecular weight is 865 g/mol. The second-order valence-corrected chi connectivity index (χ2v) is 37.5. The van der Waals surface area contributed by atoms with Crippen molar-refractivity contribution in [2.45, 2.75) is 221 Å². The smallest absolute Gasteiger partial charge is 0.305 e. The Morgan fingerprint density at radius 1 is 0.877 bits per heavy atom. The molecule has 1 heterocycles. The second kappa shape index (κ2) is 19.7. The molecule has 2 rings (SSSR count). The van der Waals surface area contributed by atoms with Crippen LogP contribution in [-0.2, 0) is 22.9 Å². The first-order valence-electron chi connectivity index (χ1n) is 21.7. The fourth-order valence-corrected chi connectivity index (χ4v) is 11.8. The summed E-state index contributed by atoms with van der Waals surface area (Å²) in [5, 5.41) is 13.3. The van der Waals surface area contributed by atoms with Gasteiger partial charge in [-0.1, -0.05) is 94.2 Å². The predicted molar refractivity (Wildman–Crippen MR) is 251 cm³/mol. The van der Waals surface area contributed by atoms with Gasteiger partial charge in [0.1, 0.15) is 5.78 Å². The van der Waals surface area contributed by atoms with Crippen LogP contribution in [0.25, 0.3) is 6.08 Å². The third-order valence-corrected chi connectivity index (χ3v) is 28.6. The molecular weight excluding hydrogens is 779 g/mol. The number of thiazole rings is 1. The zero-order valence-corrected chi connectivity index (χ0v) is 43.9. The number of hydrogen-bond acceptors (Lipinski definition) is 7. The summed E-state index contributed by atoms with van der Waals surface area (Å²) < 4.78 is 21.2. The highest BCUT2D eigenvalue weighted by Gasteiger charge is 2.56. The number of aliphatic carboxylic acids is 1. The highest BCUT2D eigenvalue weighted by molar-refractivity contribution is 7.09. The first kappa shape index (κ1) is 51.9. The maximum atomic E-state index is 15.0. The van der Waals surface area contributed by atoms with E-state index in [1.165, 1.54) is 11.1 Å². The van der Waals surface area contributed by atoms with Gasteiger partial charge in [0.05, 0.1) is 40.8 Å². The van der Waals surface area contributed by atoms with E-state index in [-0.39, 0.29) is 51.4 Å². The van der Waals surface area contributed by atoms with Crippen LogP contribution < -0.4 is 0 Å². The minimum Gasteiger partial charge on any atom is -0.481 e. The van der Waals surface area contributed by atoms with Crippen molar-refractivity contribution in [3.8, 4) is 0 Å². The van der Waals surface area contributed by atoms with Gasteiger partial charge in [-0.25, -0.2) is 4.98 Å². The molecule has 0 radical (unpaired) electrons. The van der Waals surface area contributed by atoms with E-state index < -0.39 is 42.4 Å². The van der Waals surface area contributed by atoms with E-state index in [2.05, 4.69) is 147 Å². The van der Waals surface area contributed by atoms with Crippen molar-refractivity contribution in [2.75, 3.05) is 0 Å². The van der Waals surface area contributed by atoms with Crippen molar-refractivity contribution in [3.63, 3.8) is 0 Å². The zero-order chi connectivity index (χ0) is 44.2. The molecule has 0 spiro atoms. The van der Waals surface area contributed by atoms with Crippen LogP contribution >= 0.6 is 11.3 Å². The molecule has 0 unspecified atom stereocenters. The van der Waals surface area contributed by atoms with Crippen molar-refractivity contribution in [1.29, 1.82) is 0 Å². The van der Waals surface area contributed by atoms with Crippen molar-refractivity contribution in [2.24, 2.45) is 17.3 Å². The van der Waals surface area contributed by atoms with Gasteiger partial charge in [-0.05, 0) is 131 Å². The number of Topliss-reactive ketones (excluding diaryl/α,β-unsaturated/α-hetero) is 1. The van der Waals surface area contributed by atoms with Gasteiger partial charge >= 0.3 is 5.97 Å². The van der Waals surface area contributed by atoms with Gasteiger partial charge < -0.3 is 18.4 Å². The van der Waals surface area contributed by atoms with Crippen LogP contribution in [0.1, 0.15) is 152 Å². The molecule has 57 heavy (non-hydrogen) atoms.